The van der Waals surface area contributed by atoms with Crippen LogP contribution in [0.5, 0.6) is 0 Å². The zero-order chi connectivity index (χ0) is 12.6. The summed E-state index contributed by atoms with van der Waals surface area (Å²) in [4.78, 5) is 0. The molecule has 2 aliphatic heterocycles. The van der Waals surface area contributed by atoms with Gasteiger partial charge in [-0.3, -0.25) is 0 Å². The molecule has 0 aromatic carbocycles. The standard InChI is InChI=1S/C15H27NO2/c1-2-8-16-15(13-6-5-9-17-12-13)11-14-7-3-4-10-18-14/h12,14-16H,2-11H2,1H3. The Morgan fingerprint density at radius 3 is 2.94 bits per heavy atom. The van der Waals surface area contributed by atoms with Crippen molar-refractivity contribution in [1.82, 2.24) is 5.32 Å². The van der Waals surface area contributed by atoms with E-state index in [1.807, 2.05) is 6.26 Å². The largest absolute Gasteiger partial charge is 0.501 e. The number of hydrogen-bond acceptors (Lipinski definition) is 3. The van der Waals surface area contributed by atoms with E-state index in [1.165, 1.54) is 37.7 Å². The van der Waals surface area contributed by atoms with Gasteiger partial charge in [0.2, 0.25) is 0 Å². The van der Waals surface area contributed by atoms with Gasteiger partial charge >= 0.3 is 0 Å². The fourth-order valence-electron chi connectivity index (χ4n) is 2.78. The SMILES string of the molecule is CCCNC(CC1CCCCO1)C1=COCCC1. The number of hydrogen-bond donors (Lipinski definition) is 1. The van der Waals surface area contributed by atoms with E-state index in [2.05, 4.69) is 12.2 Å². The first-order valence-electron chi connectivity index (χ1n) is 7.55. The van der Waals surface area contributed by atoms with Crippen LogP contribution in [-0.4, -0.2) is 31.9 Å². The summed E-state index contributed by atoms with van der Waals surface area (Å²) in [5.41, 5.74) is 1.43. The van der Waals surface area contributed by atoms with Gasteiger partial charge in [-0.05, 0) is 57.1 Å². The van der Waals surface area contributed by atoms with Gasteiger partial charge in [0.05, 0.1) is 19.0 Å². The fourth-order valence-corrected chi connectivity index (χ4v) is 2.78. The van der Waals surface area contributed by atoms with Gasteiger partial charge in [0.25, 0.3) is 0 Å². The summed E-state index contributed by atoms with van der Waals surface area (Å²) in [7, 11) is 0. The predicted octanol–water partition coefficient (Wildman–Crippen LogP) is 3.01. The molecule has 0 bridgehead atoms. The lowest BCUT2D eigenvalue weighted by Gasteiger charge is -2.30. The van der Waals surface area contributed by atoms with E-state index >= 15 is 0 Å². The van der Waals surface area contributed by atoms with Gasteiger partial charge in [0.15, 0.2) is 0 Å². The van der Waals surface area contributed by atoms with Crippen molar-refractivity contribution >= 4 is 0 Å². The number of nitrogens with one attached hydrogen (secondary N) is 1. The van der Waals surface area contributed by atoms with Crippen molar-refractivity contribution in [3.05, 3.63) is 11.8 Å². The highest BCUT2D eigenvalue weighted by Crippen LogP contribution is 2.23. The molecule has 2 heterocycles. The summed E-state index contributed by atoms with van der Waals surface area (Å²) in [5, 5.41) is 3.66. The van der Waals surface area contributed by atoms with E-state index in [0.29, 0.717) is 12.1 Å². The Balaban J connectivity index is 1.88. The molecule has 0 aromatic heterocycles. The summed E-state index contributed by atoms with van der Waals surface area (Å²) < 4.78 is 11.4. The second kappa shape index (κ2) is 7.80. The van der Waals surface area contributed by atoms with Crippen LogP contribution in [0.1, 0.15) is 51.9 Å². The lowest BCUT2D eigenvalue weighted by Crippen LogP contribution is -2.37. The average Bonchev–Trinajstić information content (AvgIpc) is 2.45. The van der Waals surface area contributed by atoms with Crippen LogP contribution in [0, 0.1) is 0 Å². The smallest absolute Gasteiger partial charge is 0.0876 e. The van der Waals surface area contributed by atoms with Gasteiger partial charge in [-0.1, -0.05) is 6.92 Å². The molecule has 2 unspecified atom stereocenters. The molecule has 0 aromatic rings. The normalized spacial score (nSPS) is 26.3. The molecular formula is C15H27NO2. The Hall–Kier alpha value is -0.540. The maximum Gasteiger partial charge on any atom is 0.0876 e. The molecule has 2 rings (SSSR count). The van der Waals surface area contributed by atoms with Crippen molar-refractivity contribution < 1.29 is 9.47 Å². The van der Waals surface area contributed by atoms with Crippen molar-refractivity contribution in [2.45, 2.75) is 64.0 Å². The Labute approximate surface area is 111 Å². The zero-order valence-corrected chi connectivity index (χ0v) is 11.6. The third-order valence-corrected chi connectivity index (χ3v) is 3.82. The van der Waals surface area contributed by atoms with Crippen LogP contribution in [-0.2, 0) is 9.47 Å². The first-order chi connectivity index (χ1) is 8.90. The Bertz CT molecular complexity index is 259. The summed E-state index contributed by atoms with van der Waals surface area (Å²) >= 11 is 0. The minimum absolute atomic E-state index is 0.441. The first-order valence-corrected chi connectivity index (χ1v) is 7.55. The highest BCUT2D eigenvalue weighted by molar-refractivity contribution is 5.10. The monoisotopic (exact) mass is 253 g/mol. The van der Waals surface area contributed by atoms with Crippen LogP contribution in [0.15, 0.2) is 11.8 Å². The van der Waals surface area contributed by atoms with E-state index in [-0.39, 0.29) is 0 Å². The maximum absolute atomic E-state index is 5.87. The lowest BCUT2D eigenvalue weighted by atomic mass is 9.94. The second-order valence-electron chi connectivity index (χ2n) is 5.40. The summed E-state index contributed by atoms with van der Waals surface area (Å²) in [5.74, 6) is 0. The molecule has 2 aliphatic rings. The minimum atomic E-state index is 0.441. The Morgan fingerprint density at radius 1 is 1.33 bits per heavy atom. The lowest BCUT2D eigenvalue weighted by molar-refractivity contribution is 0.00668. The number of ether oxygens (including phenoxy) is 2. The van der Waals surface area contributed by atoms with Crippen LogP contribution >= 0.6 is 0 Å². The average molecular weight is 253 g/mol. The van der Waals surface area contributed by atoms with Crippen molar-refractivity contribution in [3.63, 3.8) is 0 Å². The van der Waals surface area contributed by atoms with E-state index in [1.54, 1.807) is 0 Å². The molecule has 1 fully saturated rings. The van der Waals surface area contributed by atoms with Crippen molar-refractivity contribution in [2.24, 2.45) is 0 Å². The van der Waals surface area contributed by atoms with E-state index in [9.17, 15) is 0 Å². The molecule has 0 aliphatic carbocycles. The highest BCUT2D eigenvalue weighted by Gasteiger charge is 2.23. The van der Waals surface area contributed by atoms with E-state index in [4.69, 9.17) is 9.47 Å². The van der Waals surface area contributed by atoms with Gasteiger partial charge in [-0.25, -0.2) is 0 Å². The van der Waals surface area contributed by atoms with Crippen molar-refractivity contribution in [2.75, 3.05) is 19.8 Å². The highest BCUT2D eigenvalue weighted by atomic mass is 16.5. The van der Waals surface area contributed by atoms with Gasteiger partial charge < -0.3 is 14.8 Å². The molecule has 2 atom stereocenters. The summed E-state index contributed by atoms with van der Waals surface area (Å²) in [6, 6.07) is 0.452. The quantitative estimate of drug-likeness (QED) is 0.789. The third-order valence-electron chi connectivity index (χ3n) is 3.82. The summed E-state index contributed by atoms with van der Waals surface area (Å²) in [6.07, 6.45) is 10.8. The van der Waals surface area contributed by atoms with Gasteiger partial charge in [0, 0.05) is 12.6 Å². The molecule has 0 saturated carbocycles. The van der Waals surface area contributed by atoms with E-state index in [0.717, 1.165) is 32.6 Å². The molecule has 1 N–H and O–H groups in total. The molecular weight excluding hydrogens is 226 g/mol. The Morgan fingerprint density at radius 2 is 2.28 bits per heavy atom. The maximum atomic E-state index is 5.87. The van der Waals surface area contributed by atoms with Crippen LogP contribution in [0.25, 0.3) is 0 Å². The second-order valence-corrected chi connectivity index (χ2v) is 5.40. The number of rotatable bonds is 6. The van der Waals surface area contributed by atoms with Crippen molar-refractivity contribution in [3.8, 4) is 0 Å². The van der Waals surface area contributed by atoms with Gasteiger partial charge in [-0.15, -0.1) is 0 Å². The third kappa shape index (κ3) is 4.29. The molecule has 0 amide bonds. The van der Waals surface area contributed by atoms with Crippen LogP contribution < -0.4 is 5.32 Å². The molecule has 18 heavy (non-hydrogen) atoms. The molecule has 3 nitrogen and oxygen atoms in total. The first kappa shape index (κ1) is 13.9. The molecule has 1 saturated heterocycles. The Kier molecular flexibility index (Phi) is 6.01. The fraction of sp³-hybridized carbons (Fsp3) is 0.867. The molecule has 104 valence electrons. The van der Waals surface area contributed by atoms with Crippen LogP contribution in [0.2, 0.25) is 0 Å². The topological polar surface area (TPSA) is 30.5 Å². The molecule has 0 radical (unpaired) electrons. The van der Waals surface area contributed by atoms with E-state index < -0.39 is 0 Å². The van der Waals surface area contributed by atoms with Gasteiger partial charge in [0.1, 0.15) is 0 Å². The minimum Gasteiger partial charge on any atom is -0.501 e. The molecule has 0 spiro atoms. The predicted molar refractivity (Wildman–Crippen MR) is 73.6 cm³/mol. The van der Waals surface area contributed by atoms with Crippen LogP contribution in [0.3, 0.4) is 0 Å². The summed E-state index contributed by atoms with van der Waals surface area (Å²) in [6.45, 7) is 5.12. The van der Waals surface area contributed by atoms with Gasteiger partial charge in [-0.2, -0.15) is 0 Å². The zero-order valence-electron chi connectivity index (χ0n) is 11.6. The molecule has 3 heteroatoms. The van der Waals surface area contributed by atoms with Crippen LogP contribution in [0.4, 0.5) is 0 Å². The van der Waals surface area contributed by atoms with Crippen molar-refractivity contribution in [1.29, 1.82) is 0 Å².